The number of sulfonamides is 1. The molecule has 1 rings (SSSR count). The summed E-state index contributed by atoms with van der Waals surface area (Å²) in [6.07, 6.45) is 0. The Hall–Kier alpha value is -0.860. The molecule has 0 aromatic carbocycles. The van der Waals surface area contributed by atoms with Crippen molar-refractivity contribution in [2.75, 3.05) is 26.4 Å². The van der Waals surface area contributed by atoms with Gasteiger partial charge in [0, 0.05) is 20.6 Å². The van der Waals surface area contributed by atoms with Crippen molar-refractivity contribution in [1.29, 1.82) is 0 Å². The molecule has 0 spiro atoms. The van der Waals surface area contributed by atoms with Crippen LogP contribution in [-0.2, 0) is 10.0 Å². The molecule has 0 aliphatic rings. The third kappa shape index (κ3) is 4.14. The zero-order chi connectivity index (χ0) is 13.1. The first-order valence-electron chi connectivity index (χ1n) is 4.76. The first kappa shape index (κ1) is 14.2. The van der Waals surface area contributed by atoms with E-state index in [1.54, 1.807) is 6.07 Å². The van der Waals surface area contributed by atoms with Gasteiger partial charge < -0.3 is 9.73 Å². The van der Waals surface area contributed by atoms with Crippen molar-refractivity contribution in [1.82, 2.24) is 9.62 Å². The van der Waals surface area contributed by atoms with E-state index in [4.69, 9.17) is 4.42 Å². The highest BCUT2D eigenvalue weighted by molar-refractivity contribution is 9.10. The van der Waals surface area contributed by atoms with Crippen LogP contribution in [0.15, 0.2) is 21.2 Å². The third-order valence-corrected chi connectivity index (χ3v) is 4.26. The second kappa shape index (κ2) is 5.65. The molecule has 0 fully saturated rings. The van der Waals surface area contributed by atoms with Gasteiger partial charge in [0.05, 0.1) is 5.75 Å². The summed E-state index contributed by atoms with van der Waals surface area (Å²) in [6, 6.07) is 3.09. The summed E-state index contributed by atoms with van der Waals surface area (Å²) in [7, 11) is -0.402. The minimum Gasteiger partial charge on any atom is -0.444 e. The number of hydrogen-bond acceptors (Lipinski definition) is 4. The number of furan rings is 1. The molecule has 1 aromatic rings. The average molecular weight is 325 g/mol. The predicted octanol–water partition coefficient (Wildman–Crippen LogP) is 0.663. The fourth-order valence-electron chi connectivity index (χ4n) is 1.000. The summed E-state index contributed by atoms with van der Waals surface area (Å²) in [4.78, 5) is 11.5. The van der Waals surface area contributed by atoms with Crippen molar-refractivity contribution in [3.05, 3.63) is 22.6 Å². The molecule has 0 aliphatic carbocycles. The van der Waals surface area contributed by atoms with Gasteiger partial charge >= 0.3 is 0 Å². The van der Waals surface area contributed by atoms with Crippen molar-refractivity contribution < 1.29 is 17.6 Å². The van der Waals surface area contributed by atoms with Crippen molar-refractivity contribution in [3.63, 3.8) is 0 Å². The highest BCUT2D eigenvalue weighted by Crippen LogP contribution is 2.13. The van der Waals surface area contributed by atoms with Gasteiger partial charge in [-0.2, -0.15) is 0 Å². The maximum atomic E-state index is 11.5. The van der Waals surface area contributed by atoms with E-state index in [1.807, 2.05) is 0 Å². The molecule has 0 saturated carbocycles. The summed E-state index contributed by atoms with van der Waals surface area (Å²) < 4.78 is 29.4. The van der Waals surface area contributed by atoms with Gasteiger partial charge in [-0.25, -0.2) is 12.7 Å². The number of hydrogen-bond donors (Lipinski definition) is 1. The third-order valence-electron chi connectivity index (χ3n) is 2.00. The molecule has 0 bridgehead atoms. The van der Waals surface area contributed by atoms with E-state index in [-0.39, 0.29) is 18.1 Å². The topological polar surface area (TPSA) is 79.6 Å². The Kier molecular flexibility index (Phi) is 4.72. The lowest BCUT2D eigenvalue weighted by atomic mass is 10.4. The van der Waals surface area contributed by atoms with Gasteiger partial charge in [-0.05, 0) is 28.1 Å². The molecule has 0 aliphatic heterocycles. The molecule has 96 valence electrons. The van der Waals surface area contributed by atoms with E-state index < -0.39 is 15.9 Å². The standard InChI is InChI=1S/C9H13BrN2O4S/c1-12(2)17(14,15)6-5-11-9(13)7-3-4-8(10)16-7/h3-4H,5-6H2,1-2H3,(H,11,13). The number of halogens is 1. The largest absolute Gasteiger partial charge is 0.444 e. The monoisotopic (exact) mass is 324 g/mol. The molecule has 17 heavy (non-hydrogen) atoms. The van der Waals surface area contributed by atoms with Crippen LogP contribution in [0.3, 0.4) is 0 Å². The molecular weight excluding hydrogens is 312 g/mol. The van der Waals surface area contributed by atoms with Gasteiger partial charge in [0.25, 0.3) is 5.91 Å². The summed E-state index contributed by atoms with van der Waals surface area (Å²) in [5.41, 5.74) is 0. The number of carbonyl (C=O) groups is 1. The number of nitrogens with zero attached hydrogens (tertiary/aromatic N) is 1. The molecule has 8 heteroatoms. The van der Waals surface area contributed by atoms with E-state index in [1.165, 1.54) is 20.2 Å². The minimum absolute atomic E-state index is 0.0394. The summed E-state index contributed by atoms with van der Waals surface area (Å²) in [5, 5.41) is 2.46. The van der Waals surface area contributed by atoms with Crippen molar-refractivity contribution >= 4 is 31.9 Å². The lowest BCUT2D eigenvalue weighted by Gasteiger charge is -2.10. The Balaban J connectivity index is 2.45. The first-order valence-corrected chi connectivity index (χ1v) is 7.17. The molecule has 1 N–H and O–H groups in total. The highest BCUT2D eigenvalue weighted by atomic mass is 79.9. The summed E-state index contributed by atoms with van der Waals surface area (Å²) >= 11 is 3.07. The van der Waals surface area contributed by atoms with Crippen LogP contribution >= 0.6 is 15.9 Å². The Morgan fingerprint density at radius 2 is 2.12 bits per heavy atom. The Bertz CT molecular complexity index is 495. The van der Waals surface area contributed by atoms with Crippen LogP contribution in [-0.4, -0.2) is 45.0 Å². The predicted molar refractivity (Wildman–Crippen MR) is 66.2 cm³/mol. The van der Waals surface area contributed by atoms with E-state index >= 15 is 0 Å². The number of carbonyl (C=O) groups excluding carboxylic acids is 1. The molecule has 0 unspecified atom stereocenters. The highest BCUT2D eigenvalue weighted by Gasteiger charge is 2.15. The van der Waals surface area contributed by atoms with Crippen LogP contribution in [0.2, 0.25) is 0 Å². The van der Waals surface area contributed by atoms with Crippen LogP contribution in [0.4, 0.5) is 0 Å². The van der Waals surface area contributed by atoms with Gasteiger partial charge in [-0.15, -0.1) is 0 Å². The summed E-state index contributed by atoms with van der Waals surface area (Å²) in [6.45, 7) is 0.0394. The molecular formula is C9H13BrN2O4S. The zero-order valence-corrected chi connectivity index (χ0v) is 11.8. The maximum absolute atomic E-state index is 11.5. The van der Waals surface area contributed by atoms with Gasteiger partial charge in [0.1, 0.15) is 0 Å². The van der Waals surface area contributed by atoms with E-state index in [0.29, 0.717) is 4.67 Å². The smallest absolute Gasteiger partial charge is 0.287 e. The Morgan fingerprint density at radius 3 is 2.59 bits per heavy atom. The molecule has 0 radical (unpaired) electrons. The maximum Gasteiger partial charge on any atom is 0.287 e. The van der Waals surface area contributed by atoms with Gasteiger partial charge in [0.15, 0.2) is 10.4 Å². The van der Waals surface area contributed by atoms with Crippen LogP contribution in [0.1, 0.15) is 10.6 Å². The number of amides is 1. The van der Waals surface area contributed by atoms with E-state index in [2.05, 4.69) is 21.2 Å². The van der Waals surface area contributed by atoms with Crippen LogP contribution in [0.25, 0.3) is 0 Å². The SMILES string of the molecule is CN(C)S(=O)(=O)CCNC(=O)c1ccc(Br)o1. The second-order valence-corrected chi connectivity index (χ2v) is 6.54. The molecule has 1 aromatic heterocycles. The molecule has 1 amide bonds. The fourth-order valence-corrected chi connectivity index (χ4v) is 2.03. The van der Waals surface area contributed by atoms with E-state index in [0.717, 1.165) is 4.31 Å². The molecule has 0 saturated heterocycles. The zero-order valence-electron chi connectivity index (χ0n) is 9.44. The van der Waals surface area contributed by atoms with E-state index in [9.17, 15) is 13.2 Å². The number of nitrogens with one attached hydrogen (secondary N) is 1. The van der Waals surface area contributed by atoms with Gasteiger partial charge in [0.2, 0.25) is 10.0 Å². The second-order valence-electron chi connectivity index (χ2n) is 3.46. The molecule has 1 heterocycles. The van der Waals surface area contributed by atoms with Crippen LogP contribution in [0.5, 0.6) is 0 Å². The van der Waals surface area contributed by atoms with Crippen molar-refractivity contribution in [3.8, 4) is 0 Å². The van der Waals surface area contributed by atoms with Crippen molar-refractivity contribution in [2.45, 2.75) is 0 Å². The quantitative estimate of drug-likeness (QED) is 0.863. The van der Waals surface area contributed by atoms with Gasteiger partial charge in [-0.1, -0.05) is 0 Å². The number of rotatable bonds is 5. The Labute approximate surface area is 108 Å². The normalized spacial score (nSPS) is 11.8. The van der Waals surface area contributed by atoms with Crippen LogP contribution in [0, 0.1) is 0 Å². The molecule has 0 atom stereocenters. The average Bonchev–Trinajstić information content (AvgIpc) is 2.64. The summed E-state index contributed by atoms with van der Waals surface area (Å²) in [5.74, 6) is -0.447. The Morgan fingerprint density at radius 1 is 1.47 bits per heavy atom. The minimum atomic E-state index is -3.29. The first-order chi connectivity index (χ1) is 7.83. The lowest BCUT2D eigenvalue weighted by Crippen LogP contribution is -2.33. The lowest BCUT2D eigenvalue weighted by molar-refractivity contribution is 0.0927. The molecule has 6 nitrogen and oxygen atoms in total. The van der Waals surface area contributed by atoms with Crippen LogP contribution < -0.4 is 5.32 Å². The van der Waals surface area contributed by atoms with Crippen molar-refractivity contribution in [2.24, 2.45) is 0 Å². The fraction of sp³-hybridized carbons (Fsp3) is 0.444. The van der Waals surface area contributed by atoms with Gasteiger partial charge in [-0.3, -0.25) is 4.79 Å².